The summed E-state index contributed by atoms with van der Waals surface area (Å²) in [4.78, 5) is 0. The van der Waals surface area contributed by atoms with Gasteiger partial charge in [-0.15, -0.1) is 0 Å². The zero-order valence-corrected chi connectivity index (χ0v) is 11.7. The van der Waals surface area contributed by atoms with Crippen LogP contribution in [-0.2, 0) is 0 Å². The fourth-order valence-electron chi connectivity index (χ4n) is 2.18. The molecule has 0 saturated heterocycles. The van der Waals surface area contributed by atoms with Crippen LogP contribution in [0.3, 0.4) is 0 Å². The fourth-order valence-corrected chi connectivity index (χ4v) is 2.18. The van der Waals surface area contributed by atoms with Gasteiger partial charge in [0, 0.05) is 11.8 Å². The number of nitrogens with two attached hydrogens (primary N) is 1. The van der Waals surface area contributed by atoms with E-state index in [9.17, 15) is 0 Å². The summed E-state index contributed by atoms with van der Waals surface area (Å²) in [6, 6.07) is 21.7. The molecule has 0 aliphatic heterocycles. The second kappa shape index (κ2) is 6.18. The molecule has 0 aliphatic carbocycles. The predicted molar refractivity (Wildman–Crippen MR) is 85.8 cm³/mol. The number of fused-ring (bicyclic) bond motifs is 1. The Morgan fingerprint density at radius 2 is 1.38 bits per heavy atom. The molecule has 0 unspecified atom stereocenters. The molecule has 106 valence electrons. The van der Waals surface area contributed by atoms with E-state index in [-0.39, 0.29) is 0 Å². The molecule has 0 saturated carbocycles. The normalized spacial score (nSPS) is 10.5. The summed E-state index contributed by atoms with van der Waals surface area (Å²) >= 11 is 0. The number of nitrogen functional groups attached to an aromatic ring is 1. The third-order valence-electron chi connectivity index (χ3n) is 3.20. The van der Waals surface area contributed by atoms with Gasteiger partial charge < -0.3 is 15.2 Å². The third kappa shape index (κ3) is 3.45. The maximum absolute atomic E-state index is 5.71. The minimum atomic E-state index is 0.482. The van der Waals surface area contributed by atoms with Gasteiger partial charge in [-0.05, 0) is 35.0 Å². The van der Waals surface area contributed by atoms with Crippen molar-refractivity contribution in [1.29, 1.82) is 0 Å². The van der Waals surface area contributed by atoms with Crippen molar-refractivity contribution in [3.63, 3.8) is 0 Å². The summed E-state index contributed by atoms with van der Waals surface area (Å²) in [6.45, 7) is 0.976. The monoisotopic (exact) mass is 279 g/mol. The van der Waals surface area contributed by atoms with Crippen molar-refractivity contribution < 1.29 is 9.47 Å². The molecule has 3 aromatic rings. The number of benzene rings is 3. The van der Waals surface area contributed by atoms with E-state index in [2.05, 4.69) is 18.2 Å². The van der Waals surface area contributed by atoms with Crippen molar-refractivity contribution in [2.75, 3.05) is 18.9 Å². The largest absolute Gasteiger partial charge is 0.490 e. The predicted octanol–water partition coefficient (Wildman–Crippen LogP) is 3.88. The highest BCUT2D eigenvalue weighted by Gasteiger charge is 1.98. The van der Waals surface area contributed by atoms with Gasteiger partial charge >= 0.3 is 0 Å². The molecule has 3 rings (SSSR count). The molecule has 0 amide bonds. The smallest absolute Gasteiger partial charge is 0.122 e. The maximum atomic E-state index is 5.71. The molecule has 3 heteroatoms. The van der Waals surface area contributed by atoms with Crippen molar-refractivity contribution in [3.8, 4) is 11.5 Å². The molecule has 0 spiro atoms. The van der Waals surface area contributed by atoms with E-state index >= 15 is 0 Å². The summed E-state index contributed by atoms with van der Waals surface area (Å²) < 4.78 is 11.3. The summed E-state index contributed by atoms with van der Waals surface area (Å²) in [5, 5.41) is 2.38. The van der Waals surface area contributed by atoms with Crippen molar-refractivity contribution in [2.45, 2.75) is 0 Å². The Bertz CT molecular complexity index is 740. The van der Waals surface area contributed by atoms with E-state index in [1.54, 1.807) is 6.07 Å². The Labute approximate surface area is 123 Å². The maximum Gasteiger partial charge on any atom is 0.122 e. The fraction of sp³-hybridized carbons (Fsp3) is 0.111. The number of hydrogen-bond donors (Lipinski definition) is 1. The topological polar surface area (TPSA) is 44.5 Å². The quantitative estimate of drug-likeness (QED) is 0.569. The van der Waals surface area contributed by atoms with Crippen LogP contribution in [0.4, 0.5) is 5.69 Å². The average Bonchev–Trinajstić information content (AvgIpc) is 2.51. The van der Waals surface area contributed by atoms with Crippen LogP contribution in [0.25, 0.3) is 10.8 Å². The van der Waals surface area contributed by atoms with Crippen molar-refractivity contribution in [2.24, 2.45) is 0 Å². The first kappa shape index (κ1) is 13.3. The molecule has 0 aromatic heterocycles. The van der Waals surface area contributed by atoms with E-state index < -0.39 is 0 Å². The highest BCUT2D eigenvalue weighted by atomic mass is 16.5. The summed E-state index contributed by atoms with van der Waals surface area (Å²) in [6.07, 6.45) is 0. The van der Waals surface area contributed by atoms with Crippen molar-refractivity contribution in [3.05, 3.63) is 66.7 Å². The second-order valence-electron chi connectivity index (χ2n) is 4.78. The van der Waals surface area contributed by atoms with Crippen molar-refractivity contribution in [1.82, 2.24) is 0 Å². The molecule has 0 bridgehead atoms. The van der Waals surface area contributed by atoms with Gasteiger partial charge in [0.15, 0.2) is 0 Å². The Morgan fingerprint density at radius 3 is 2.14 bits per heavy atom. The van der Waals surface area contributed by atoms with Gasteiger partial charge in [0.25, 0.3) is 0 Å². The molecule has 0 heterocycles. The second-order valence-corrected chi connectivity index (χ2v) is 4.78. The number of rotatable bonds is 5. The van der Waals surface area contributed by atoms with E-state index in [4.69, 9.17) is 15.2 Å². The first-order valence-electron chi connectivity index (χ1n) is 6.91. The van der Waals surface area contributed by atoms with Gasteiger partial charge in [0.05, 0.1) is 0 Å². The van der Waals surface area contributed by atoms with Gasteiger partial charge in [-0.25, -0.2) is 0 Å². The Morgan fingerprint density at radius 1 is 0.667 bits per heavy atom. The molecular formula is C18H17NO2. The van der Waals surface area contributed by atoms with E-state index in [1.165, 1.54) is 10.8 Å². The molecular weight excluding hydrogens is 262 g/mol. The van der Waals surface area contributed by atoms with Crippen LogP contribution in [0.2, 0.25) is 0 Å². The lowest BCUT2D eigenvalue weighted by atomic mass is 10.1. The van der Waals surface area contributed by atoms with Crippen LogP contribution >= 0.6 is 0 Å². The van der Waals surface area contributed by atoms with Gasteiger partial charge in [0.2, 0.25) is 0 Å². The standard InChI is InChI=1S/C18H17NO2/c19-16-6-3-7-17(13-16)20-10-11-21-18-9-8-14-4-1-2-5-15(14)12-18/h1-9,12-13H,10-11,19H2. The summed E-state index contributed by atoms with van der Waals surface area (Å²) in [7, 11) is 0. The molecule has 21 heavy (non-hydrogen) atoms. The SMILES string of the molecule is Nc1cccc(OCCOc2ccc3ccccc3c2)c1. The zero-order chi connectivity index (χ0) is 14.5. The Hall–Kier alpha value is -2.68. The van der Waals surface area contributed by atoms with Crippen LogP contribution in [0.1, 0.15) is 0 Å². The minimum absolute atomic E-state index is 0.482. The van der Waals surface area contributed by atoms with Crippen LogP contribution in [0.15, 0.2) is 66.7 Å². The molecule has 0 fully saturated rings. The third-order valence-corrected chi connectivity index (χ3v) is 3.20. The van der Waals surface area contributed by atoms with Crippen molar-refractivity contribution >= 4 is 16.5 Å². The van der Waals surface area contributed by atoms with Gasteiger partial charge in [-0.1, -0.05) is 36.4 Å². The highest BCUT2D eigenvalue weighted by Crippen LogP contribution is 2.20. The first-order chi connectivity index (χ1) is 10.3. The number of hydrogen-bond acceptors (Lipinski definition) is 3. The van der Waals surface area contributed by atoms with Crippen LogP contribution in [0.5, 0.6) is 11.5 Å². The van der Waals surface area contributed by atoms with Crippen LogP contribution < -0.4 is 15.2 Å². The van der Waals surface area contributed by atoms with Crippen LogP contribution in [-0.4, -0.2) is 13.2 Å². The van der Waals surface area contributed by atoms with Crippen LogP contribution in [0, 0.1) is 0 Å². The average molecular weight is 279 g/mol. The Kier molecular flexibility index (Phi) is 3.92. The minimum Gasteiger partial charge on any atom is -0.490 e. The molecule has 2 N–H and O–H groups in total. The molecule has 3 nitrogen and oxygen atoms in total. The highest BCUT2D eigenvalue weighted by molar-refractivity contribution is 5.83. The summed E-state index contributed by atoms with van der Waals surface area (Å²) in [5.74, 6) is 1.61. The number of ether oxygens (including phenoxy) is 2. The summed E-state index contributed by atoms with van der Waals surface area (Å²) in [5.41, 5.74) is 6.39. The molecule has 0 radical (unpaired) electrons. The first-order valence-corrected chi connectivity index (χ1v) is 6.91. The Balaban J connectivity index is 1.54. The van der Waals surface area contributed by atoms with E-state index in [0.717, 1.165) is 11.5 Å². The van der Waals surface area contributed by atoms with E-state index in [0.29, 0.717) is 18.9 Å². The zero-order valence-electron chi connectivity index (χ0n) is 11.7. The van der Waals surface area contributed by atoms with Gasteiger partial charge in [-0.3, -0.25) is 0 Å². The van der Waals surface area contributed by atoms with Gasteiger partial charge in [0.1, 0.15) is 24.7 Å². The number of anilines is 1. The molecule has 0 aliphatic rings. The molecule has 0 atom stereocenters. The van der Waals surface area contributed by atoms with E-state index in [1.807, 2.05) is 42.5 Å². The lowest BCUT2D eigenvalue weighted by Crippen LogP contribution is -2.09. The lowest BCUT2D eigenvalue weighted by Gasteiger charge is -2.09. The van der Waals surface area contributed by atoms with Gasteiger partial charge in [-0.2, -0.15) is 0 Å². The lowest BCUT2D eigenvalue weighted by molar-refractivity contribution is 0.217. The molecule has 3 aromatic carbocycles.